The van der Waals surface area contributed by atoms with E-state index >= 15 is 0 Å². The molecule has 1 aromatic rings. The molecule has 1 aromatic heterocycles. The summed E-state index contributed by atoms with van der Waals surface area (Å²) in [6.07, 6.45) is 5.89. The molecular weight excluding hydrogens is 188 g/mol. The Morgan fingerprint density at radius 2 is 1.93 bits per heavy atom. The van der Waals surface area contributed by atoms with Gasteiger partial charge >= 0.3 is 0 Å². The lowest BCUT2D eigenvalue weighted by Crippen LogP contribution is -2.33. The molecule has 1 aliphatic carbocycles. The maximum absolute atomic E-state index is 11.8. The summed E-state index contributed by atoms with van der Waals surface area (Å²) < 4.78 is 2.12. The van der Waals surface area contributed by atoms with Crippen LogP contribution in [-0.4, -0.2) is 17.0 Å². The Morgan fingerprint density at radius 1 is 1.13 bits per heavy atom. The third-order valence-electron chi connectivity index (χ3n) is 3.70. The fourth-order valence-electron chi connectivity index (χ4n) is 3.01. The zero-order chi connectivity index (χ0) is 10.4. The minimum Gasteiger partial charge on any atom is -0.350 e. The molecule has 1 aliphatic heterocycles. The van der Waals surface area contributed by atoms with Crippen LogP contribution in [0.3, 0.4) is 0 Å². The Labute approximate surface area is 89.5 Å². The molecule has 3 nitrogen and oxygen atoms in total. The van der Waals surface area contributed by atoms with Crippen LogP contribution < -0.4 is 5.32 Å². The minimum absolute atomic E-state index is 0.119. The highest BCUT2D eigenvalue weighted by atomic mass is 16.2. The Hall–Kier alpha value is -1.25. The van der Waals surface area contributed by atoms with E-state index in [4.69, 9.17) is 0 Å². The molecule has 3 rings (SSSR count). The third kappa shape index (κ3) is 1.15. The molecule has 0 saturated carbocycles. The SMILES string of the molecule is Cn1c2c(c3c1C(=O)NCC3)CCCC2. The predicted molar refractivity (Wildman–Crippen MR) is 58.1 cm³/mol. The quantitative estimate of drug-likeness (QED) is 0.676. The maximum Gasteiger partial charge on any atom is 0.268 e. The highest BCUT2D eigenvalue weighted by Gasteiger charge is 2.28. The average molecular weight is 204 g/mol. The van der Waals surface area contributed by atoms with Crippen molar-refractivity contribution < 1.29 is 4.79 Å². The van der Waals surface area contributed by atoms with Crippen molar-refractivity contribution in [1.82, 2.24) is 9.88 Å². The molecule has 0 bridgehead atoms. The van der Waals surface area contributed by atoms with Crippen molar-refractivity contribution in [2.45, 2.75) is 32.1 Å². The first-order valence-electron chi connectivity index (χ1n) is 5.76. The second-order valence-corrected chi connectivity index (χ2v) is 4.52. The van der Waals surface area contributed by atoms with E-state index in [-0.39, 0.29) is 5.91 Å². The monoisotopic (exact) mass is 204 g/mol. The Morgan fingerprint density at radius 3 is 2.80 bits per heavy atom. The topological polar surface area (TPSA) is 34.0 Å². The van der Waals surface area contributed by atoms with Crippen LogP contribution in [0.5, 0.6) is 0 Å². The van der Waals surface area contributed by atoms with Crippen LogP contribution in [0.25, 0.3) is 0 Å². The lowest BCUT2D eigenvalue weighted by atomic mass is 9.92. The van der Waals surface area contributed by atoms with Gasteiger partial charge in [0.25, 0.3) is 5.91 Å². The first-order valence-corrected chi connectivity index (χ1v) is 5.76. The first-order chi connectivity index (χ1) is 7.29. The van der Waals surface area contributed by atoms with E-state index in [1.165, 1.54) is 36.1 Å². The number of hydrogen-bond acceptors (Lipinski definition) is 1. The van der Waals surface area contributed by atoms with E-state index < -0.39 is 0 Å². The van der Waals surface area contributed by atoms with Gasteiger partial charge in [-0.05, 0) is 43.2 Å². The number of aromatic nitrogens is 1. The first kappa shape index (κ1) is 9.01. The van der Waals surface area contributed by atoms with Crippen LogP contribution in [0.4, 0.5) is 0 Å². The van der Waals surface area contributed by atoms with Gasteiger partial charge in [-0.15, -0.1) is 0 Å². The maximum atomic E-state index is 11.8. The van der Waals surface area contributed by atoms with E-state index in [2.05, 4.69) is 9.88 Å². The van der Waals surface area contributed by atoms with E-state index in [9.17, 15) is 4.79 Å². The fourth-order valence-corrected chi connectivity index (χ4v) is 3.01. The van der Waals surface area contributed by atoms with E-state index in [1.54, 1.807) is 0 Å². The minimum atomic E-state index is 0.119. The van der Waals surface area contributed by atoms with Crippen molar-refractivity contribution in [2.24, 2.45) is 7.05 Å². The normalized spacial score (nSPS) is 19.4. The van der Waals surface area contributed by atoms with Crippen LogP contribution >= 0.6 is 0 Å². The van der Waals surface area contributed by atoms with Crippen LogP contribution in [0.15, 0.2) is 0 Å². The number of rotatable bonds is 0. The van der Waals surface area contributed by atoms with E-state index in [0.29, 0.717) is 0 Å². The molecular formula is C12H16N2O. The third-order valence-corrected chi connectivity index (χ3v) is 3.70. The van der Waals surface area contributed by atoms with E-state index in [0.717, 1.165) is 25.1 Å². The molecule has 0 radical (unpaired) electrons. The number of nitrogens with zero attached hydrogens (tertiary/aromatic N) is 1. The summed E-state index contributed by atoms with van der Waals surface area (Å²) in [5, 5.41) is 2.93. The summed E-state index contributed by atoms with van der Waals surface area (Å²) in [4.78, 5) is 11.8. The van der Waals surface area contributed by atoms with Gasteiger partial charge in [0, 0.05) is 19.3 Å². The molecule has 80 valence electrons. The zero-order valence-electron chi connectivity index (χ0n) is 9.10. The standard InChI is InChI=1S/C12H16N2O/c1-14-10-5-3-2-4-8(10)9-6-7-13-12(15)11(9)14/h2-7H2,1H3,(H,13,15). The van der Waals surface area contributed by atoms with Gasteiger partial charge in [0.2, 0.25) is 0 Å². The van der Waals surface area contributed by atoms with Gasteiger partial charge in [-0.2, -0.15) is 0 Å². The molecule has 0 unspecified atom stereocenters. The molecule has 3 heteroatoms. The van der Waals surface area contributed by atoms with Crippen LogP contribution in [0.1, 0.15) is 40.2 Å². The highest BCUT2D eigenvalue weighted by Crippen LogP contribution is 2.30. The summed E-state index contributed by atoms with van der Waals surface area (Å²) in [5.41, 5.74) is 5.14. The smallest absolute Gasteiger partial charge is 0.268 e. The van der Waals surface area contributed by atoms with Crippen molar-refractivity contribution in [3.8, 4) is 0 Å². The highest BCUT2D eigenvalue weighted by molar-refractivity contribution is 5.96. The molecule has 0 aromatic carbocycles. The lowest BCUT2D eigenvalue weighted by Gasteiger charge is -2.15. The molecule has 0 saturated heterocycles. The number of amides is 1. The molecule has 0 atom stereocenters. The molecule has 2 heterocycles. The number of fused-ring (bicyclic) bond motifs is 3. The lowest BCUT2D eigenvalue weighted by molar-refractivity contribution is 0.0937. The summed E-state index contributed by atoms with van der Waals surface area (Å²) >= 11 is 0. The second kappa shape index (κ2) is 3.12. The Bertz CT molecular complexity index is 431. The van der Waals surface area contributed by atoms with E-state index in [1.807, 2.05) is 7.05 Å². The largest absolute Gasteiger partial charge is 0.350 e. The van der Waals surface area contributed by atoms with Gasteiger partial charge in [-0.3, -0.25) is 4.79 Å². The van der Waals surface area contributed by atoms with Crippen LogP contribution in [0.2, 0.25) is 0 Å². The number of carbonyl (C=O) groups is 1. The number of hydrogen-bond donors (Lipinski definition) is 1. The molecule has 0 spiro atoms. The van der Waals surface area contributed by atoms with Gasteiger partial charge < -0.3 is 9.88 Å². The summed E-state index contributed by atoms with van der Waals surface area (Å²) in [7, 11) is 2.04. The van der Waals surface area contributed by atoms with Gasteiger partial charge in [0.1, 0.15) is 5.69 Å². The predicted octanol–water partition coefficient (Wildman–Crippen LogP) is 1.19. The zero-order valence-corrected chi connectivity index (χ0v) is 9.10. The fraction of sp³-hybridized carbons (Fsp3) is 0.583. The van der Waals surface area contributed by atoms with Crippen molar-refractivity contribution in [1.29, 1.82) is 0 Å². The Kier molecular flexibility index (Phi) is 1.87. The van der Waals surface area contributed by atoms with Crippen molar-refractivity contribution in [2.75, 3.05) is 6.54 Å². The van der Waals surface area contributed by atoms with Gasteiger partial charge in [0.15, 0.2) is 0 Å². The average Bonchev–Trinajstić information content (AvgIpc) is 2.55. The summed E-state index contributed by atoms with van der Waals surface area (Å²) in [5.74, 6) is 0.119. The summed E-state index contributed by atoms with van der Waals surface area (Å²) in [6, 6.07) is 0. The van der Waals surface area contributed by atoms with Crippen molar-refractivity contribution in [3.05, 3.63) is 22.5 Å². The van der Waals surface area contributed by atoms with Crippen LogP contribution in [0, 0.1) is 0 Å². The number of carbonyl (C=O) groups excluding carboxylic acids is 1. The van der Waals surface area contributed by atoms with Gasteiger partial charge in [-0.1, -0.05) is 0 Å². The number of nitrogens with one attached hydrogen (secondary N) is 1. The second-order valence-electron chi connectivity index (χ2n) is 4.52. The van der Waals surface area contributed by atoms with Crippen molar-refractivity contribution in [3.63, 3.8) is 0 Å². The molecule has 15 heavy (non-hydrogen) atoms. The Balaban J connectivity index is 2.23. The van der Waals surface area contributed by atoms with Gasteiger partial charge in [-0.25, -0.2) is 0 Å². The molecule has 1 N–H and O–H groups in total. The molecule has 1 amide bonds. The molecule has 0 fully saturated rings. The summed E-state index contributed by atoms with van der Waals surface area (Å²) in [6.45, 7) is 0.808. The molecule has 2 aliphatic rings. The van der Waals surface area contributed by atoms with Gasteiger partial charge in [0.05, 0.1) is 0 Å². The van der Waals surface area contributed by atoms with Crippen LogP contribution in [-0.2, 0) is 26.3 Å². The van der Waals surface area contributed by atoms with Crippen molar-refractivity contribution >= 4 is 5.91 Å².